The van der Waals surface area contributed by atoms with Crippen LogP contribution in [0.3, 0.4) is 0 Å². The van der Waals surface area contributed by atoms with Crippen molar-refractivity contribution >= 4 is 54.8 Å². The second-order valence-electron chi connectivity index (χ2n) is 9.00. The van der Waals surface area contributed by atoms with Crippen molar-refractivity contribution in [2.45, 2.75) is 0 Å². The molecule has 0 fully saturated rings. The van der Waals surface area contributed by atoms with Crippen molar-refractivity contribution in [3.8, 4) is 11.4 Å². The largest absolute Gasteiger partial charge is 0.437 e. The van der Waals surface area contributed by atoms with Gasteiger partial charge in [0.2, 0.25) is 5.71 Å². The first-order valence-corrected chi connectivity index (χ1v) is 11.9. The highest BCUT2D eigenvalue weighted by atomic mass is 16.3. The number of furan rings is 1. The number of para-hydroxylation sites is 4. The normalized spacial score (nSPS) is 12.0. The predicted octanol–water partition coefficient (Wildman–Crippen LogP) is 8.63. The Morgan fingerprint density at radius 3 is 1.69 bits per heavy atom. The van der Waals surface area contributed by atoms with E-state index in [0.29, 0.717) is 0 Å². The minimum absolute atomic E-state index is 0.879. The summed E-state index contributed by atoms with van der Waals surface area (Å²) in [5, 5.41) is 5.92. The number of hydrogen-bond donors (Lipinski definition) is 0. The fourth-order valence-corrected chi connectivity index (χ4v) is 5.68. The van der Waals surface area contributed by atoms with Gasteiger partial charge in [-0.3, -0.25) is 4.57 Å². The van der Waals surface area contributed by atoms with Crippen molar-refractivity contribution in [3.05, 3.63) is 121 Å². The van der Waals surface area contributed by atoms with E-state index in [2.05, 4.69) is 124 Å². The van der Waals surface area contributed by atoms with Crippen LogP contribution in [0.1, 0.15) is 0 Å². The topological polar surface area (TPSA) is 23.0 Å². The maximum Gasteiger partial charge on any atom is 0.213 e. The number of benzene rings is 5. The Hall–Kier alpha value is -4.76. The first kappa shape index (κ1) is 18.6. The van der Waals surface area contributed by atoms with Gasteiger partial charge in [-0.05, 0) is 42.5 Å². The Bertz CT molecular complexity index is 2040. The third kappa shape index (κ3) is 2.44. The highest BCUT2D eigenvalue weighted by molar-refractivity contribution is 6.26. The molecule has 0 aliphatic heterocycles. The summed E-state index contributed by atoms with van der Waals surface area (Å²) in [6, 6.07) is 42.7. The number of fused-ring (bicyclic) bond motifs is 9. The van der Waals surface area contributed by atoms with Gasteiger partial charge in [0.15, 0.2) is 5.58 Å². The smallest absolute Gasteiger partial charge is 0.213 e. The predicted molar refractivity (Wildman–Crippen MR) is 145 cm³/mol. The molecule has 0 saturated carbocycles. The standard InChI is InChI=1S/C32H20N2O/c1-3-11-21(12-4-1)33-27-17-9-7-15-23(27)24-19-20-26-29-25-16-8-10-18-28(25)34(22-13-5-2-6-14-22)32(29)35-31(26)30(24)33/h1-20H. The Balaban J connectivity index is 1.62. The van der Waals surface area contributed by atoms with Gasteiger partial charge in [-0.1, -0.05) is 78.9 Å². The molecular formula is C32H20N2O. The van der Waals surface area contributed by atoms with Gasteiger partial charge < -0.3 is 8.98 Å². The lowest BCUT2D eigenvalue weighted by atomic mass is 10.1. The summed E-state index contributed by atoms with van der Waals surface area (Å²) in [7, 11) is 0. The molecule has 0 aliphatic rings. The Labute approximate surface area is 201 Å². The van der Waals surface area contributed by atoms with Crippen LogP contribution in [0.4, 0.5) is 0 Å². The summed E-state index contributed by atoms with van der Waals surface area (Å²) >= 11 is 0. The highest BCUT2D eigenvalue weighted by Crippen LogP contribution is 2.43. The summed E-state index contributed by atoms with van der Waals surface area (Å²) in [6.45, 7) is 0. The molecule has 35 heavy (non-hydrogen) atoms. The molecule has 3 heteroatoms. The number of rotatable bonds is 2. The van der Waals surface area contributed by atoms with Crippen LogP contribution in [0, 0.1) is 0 Å². The molecule has 0 spiro atoms. The SMILES string of the molecule is c1ccc(-n2c3ccccc3c3c4ccc5c6ccccc6n(-c6ccccc6)c5c4oc32)cc1. The van der Waals surface area contributed by atoms with Crippen molar-refractivity contribution in [1.29, 1.82) is 0 Å². The molecule has 5 aromatic carbocycles. The lowest BCUT2D eigenvalue weighted by Crippen LogP contribution is -1.93. The lowest BCUT2D eigenvalue weighted by Gasteiger charge is -2.08. The summed E-state index contributed by atoms with van der Waals surface area (Å²) in [5.74, 6) is 0. The van der Waals surface area contributed by atoms with E-state index < -0.39 is 0 Å². The molecule has 0 atom stereocenters. The molecule has 0 unspecified atom stereocenters. The molecule has 0 amide bonds. The summed E-state index contributed by atoms with van der Waals surface area (Å²) in [5.41, 5.74) is 7.46. The molecule has 8 aromatic rings. The van der Waals surface area contributed by atoms with Gasteiger partial charge >= 0.3 is 0 Å². The maximum absolute atomic E-state index is 6.87. The zero-order valence-corrected chi connectivity index (χ0v) is 18.8. The van der Waals surface area contributed by atoms with Crippen molar-refractivity contribution < 1.29 is 4.42 Å². The van der Waals surface area contributed by atoms with Gasteiger partial charge in [-0.25, -0.2) is 0 Å². The first-order chi connectivity index (χ1) is 17.4. The van der Waals surface area contributed by atoms with Crippen LogP contribution in [0.2, 0.25) is 0 Å². The van der Waals surface area contributed by atoms with Gasteiger partial charge in [0.1, 0.15) is 0 Å². The second kappa shape index (κ2) is 6.87. The summed E-state index contributed by atoms with van der Waals surface area (Å²) in [4.78, 5) is 0. The summed E-state index contributed by atoms with van der Waals surface area (Å²) in [6.07, 6.45) is 0. The minimum atomic E-state index is 0.879. The third-order valence-electron chi connectivity index (χ3n) is 7.12. The fraction of sp³-hybridized carbons (Fsp3) is 0. The quantitative estimate of drug-likeness (QED) is 0.259. The third-order valence-corrected chi connectivity index (χ3v) is 7.12. The van der Waals surface area contributed by atoms with E-state index in [9.17, 15) is 0 Å². The molecule has 8 rings (SSSR count). The van der Waals surface area contributed by atoms with Crippen LogP contribution in [0.15, 0.2) is 126 Å². The number of nitrogens with zero attached hydrogens (tertiary/aromatic N) is 2. The van der Waals surface area contributed by atoms with Crippen molar-refractivity contribution in [2.24, 2.45) is 0 Å². The van der Waals surface area contributed by atoms with E-state index in [1.807, 2.05) is 6.07 Å². The molecule has 0 aliphatic carbocycles. The molecule has 0 radical (unpaired) electrons. The van der Waals surface area contributed by atoms with Crippen LogP contribution >= 0.6 is 0 Å². The Kier molecular flexibility index (Phi) is 3.66. The zero-order chi connectivity index (χ0) is 22.9. The monoisotopic (exact) mass is 448 g/mol. The number of hydrogen-bond acceptors (Lipinski definition) is 1. The Morgan fingerprint density at radius 1 is 0.429 bits per heavy atom. The fourth-order valence-electron chi connectivity index (χ4n) is 5.68. The van der Waals surface area contributed by atoms with Crippen LogP contribution < -0.4 is 0 Å². The van der Waals surface area contributed by atoms with E-state index >= 15 is 0 Å². The molecule has 3 aromatic heterocycles. The molecular weight excluding hydrogens is 428 g/mol. The van der Waals surface area contributed by atoms with E-state index in [0.717, 1.165) is 44.5 Å². The van der Waals surface area contributed by atoms with Crippen LogP contribution in [-0.4, -0.2) is 9.13 Å². The molecule has 3 nitrogen and oxygen atoms in total. The second-order valence-corrected chi connectivity index (χ2v) is 9.00. The van der Waals surface area contributed by atoms with Gasteiger partial charge in [-0.15, -0.1) is 0 Å². The van der Waals surface area contributed by atoms with Gasteiger partial charge in [-0.2, -0.15) is 0 Å². The van der Waals surface area contributed by atoms with Crippen LogP contribution in [0.25, 0.3) is 66.2 Å². The molecule has 0 bridgehead atoms. The van der Waals surface area contributed by atoms with E-state index in [-0.39, 0.29) is 0 Å². The molecule has 0 N–H and O–H groups in total. The van der Waals surface area contributed by atoms with Crippen molar-refractivity contribution in [3.63, 3.8) is 0 Å². The molecule has 3 heterocycles. The Morgan fingerprint density at radius 2 is 0.971 bits per heavy atom. The minimum Gasteiger partial charge on any atom is -0.437 e. The molecule has 0 saturated heterocycles. The van der Waals surface area contributed by atoms with Gasteiger partial charge in [0.25, 0.3) is 0 Å². The van der Waals surface area contributed by atoms with Crippen LogP contribution in [-0.2, 0) is 0 Å². The van der Waals surface area contributed by atoms with E-state index in [1.165, 1.54) is 21.7 Å². The van der Waals surface area contributed by atoms with E-state index in [4.69, 9.17) is 4.42 Å². The van der Waals surface area contributed by atoms with Crippen molar-refractivity contribution in [2.75, 3.05) is 0 Å². The lowest BCUT2D eigenvalue weighted by molar-refractivity contribution is 0.647. The average Bonchev–Trinajstić information content (AvgIpc) is 3.56. The maximum atomic E-state index is 6.87. The van der Waals surface area contributed by atoms with Gasteiger partial charge in [0.05, 0.1) is 21.9 Å². The van der Waals surface area contributed by atoms with E-state index in [1.54, 1.807) is 0 Å². The highest BCUT2D eigenvalue weighted by Gasteiger charge is 2.23. The first-order valence-electron chi connectivity index (χ1n) is 11.9. The molecule has 164 valence electrons. The summed E-state index contributed by atoms with van der Waals surface area (Å²) < 4.78 is 11.4. The van der Waals surface area contributed by atoms with Crippen LogP contribution in [0.5, 0.6) is 0 Å². The number of aromatic nitrogens is 2. The van der Waals surface area contributed by atoms with Gasteiger partial charge in [0, 0.05) is 32.9 Å². The average molecular weight is 449 g/mol. The zero-order valence-electron chi connectivity index (χ0n) is 18.8. The van der Waals surface area contributed by atoms with Crippen molar-refractivity contribution in [1.82, 2.24) is 9.13 Å².